The number of halogens is 1. The molecule has 0 radical (unpaired) electrons. The third-order valence-corrected chi connectivity index (χ3v) is 7.32. The highest BCUT2D eigenvalue weighted by Gasteiger charge is 2.62. The SMILES string of the molecule is COC(=O)C1=C(N)N(c2ccc(C(C)C)cc2)C2=C(C(=O)CCC2)C12C(=O)Nc1ccc(Cl)cc12. The second-order valence-electron chi connectivity index (χ2n) is 9.33. The second-order valence-corrected chi connectivity index (χ2v) is 9.76. The van der Waals surface area contributed by atoms with Gasteiger partial charge in [-0.1, -0.05) is 37.6 Å². The lowest BCUT2D eigenvalue weighted by atomic mass is 9.63. The average molecular weight is 492 g/mol. The zero-order valence-corrected chi connectivity index (χ0v) is 20.5. The van der Waals surface area contributed by atoms with Crippen molar-refractivity contribution >= 4 is 40.6 Å². The van der Waals surface area contributed by atoms with Crippen LogP contribution in [0.1, 0.15) is 50.2 Å². The summed E-state index contributed by atoms with van der Waals surface area (Å²) in [5.74, 6) is -1.10. The predicted octanol–water partition coefficient (Wildman–Crippen LogP) is 4.52. The number of esters is 1. The minimum Gasteiger partial charge on any atom is -0.466 e. The first-order chi connectivity index (χ1) is 16.7. The van der Waals surface area contributed by atoms with Crippen LogP contribution in [-0.4, -0.2) is 24.8 Å². The van der Waals surface area contributed by atoms with E-state index in [1.54, 1.807) is 23.1 Å². The van der Waals surface area contributed by atoms with Crippen LogP contribution < -0.4 is 16.0 Å². The van der Waals surface area contributed by atoms with Gasteiger partial charge in [-0.2, -0.15) is 0 Å². The number of nitrogens with one attached hydrogen (secondary N) is 1. The molecule has 180 valence electrons. The standard InChI is InChI=1S/C27H26ClN3O4/c1-14(2)15-7-10-17(11-8-15)31-20-5-4-6-21(32)22(20)27(23(24(31)29)25(33)35-3)18-13-16(28)9-12-19(18)30-26(27)34/h7-14H,4-6,29H2,1-3H3,(H,30,34). The van der Waals surface area contributed by atoms with Crippen molar-refractivity contribution in [3.05, 3.63) is 81.3 Å². The van der Waals surface area contributed by atoms with E-state index in [1.165, 1.54) is 7.11 Å². The molecule has 1 spiro atoms. The van der Waals surface area contributed by atoms with Crippen molar-refractivity contribution in [1.82, 2.24) is 0 Å². The first-order valence-electron chi connectivity index (χ1n) is 11.6. The number of fused-ring (bicyclic) bond motifs is 3. The summed E-state index contributed by atoms with van der Waals surface area (Å²) >= 11 is 6.33. The number of rotatable bonds is 3. The molecule has 1 aliphatic carbocycles. The number of nitrogens with two attached hydrogens (primary N) is 1. The molecule has 2 aliphatic heterocycles. The molecule has 7 nitrogen and oxygen atoms in total. The number of amides is 1. The molecule has 0 aromatic heterocycles. The summed E-state index contributed by atoms with van der Waals surface area (Å²) in [7, 11) is 1.23. The molecule has 2 heterocycles. The van der Waals surface area contributed by atoms with Crippen LogP contribution >= 0.6 is 11.6 Å². The van der Waals surface area contributed by atoms with Gasteiger partial charge in [-0.05, 0) is 54.7 Å². The van der Waals surface area contributed by atoms with Gasteiger partial charge in [0.25, 0.3) is 0 Å². The molecule has 1 atom stereocenters. The Labute approximate surface area is 208 Å². The Morgan fingerprint density at radius 3 is 2.51 bits per heavy atom. The summed E-state index contributed by atoms with van der Waals surface area (Å²) in [6, 6.07) is 12.8. The highest BCUT2D eigenvalue weighted by atomic mass is 35.5. The van der Waals surface area contributed by atoms with Crippen LogP contribution in [0.4, 0.5) is 11.4 Å². The number of anilines is 2. The van der Waals surface area contributed by atoms with Crippen LogP contribution in [0.3, 0.4) is 0 Å². The molecule has 2 aromatic carbocycles. The first-order valence-corrected chi connectivity index (χ1v) is 12.0. The van der Waals surface area contributed by atoms with E-state index in [0.717, 1.165) is 5.56 Å². The third kappa shape index (κ3) is 3.22. The maximum absolute atomic E-state index is 13.8. The van der Waals surface area contributed by atoms with E-state index < -0.39 is 17.3 Å². The first kappa shape index (κ1) is 23.2. The zero-order valence-electron chi connectivity index (χ0n) is 19.8. The third-order valence-electron chi connectivity index (χ3n) is 7.08. The highest BCUT2D eigenvalue weighted by Crippen LogP contribution is 2.55. The minimum atomic E-state index is -1.74. The summed E-state index contributed by atoms with van der Waals surface area (Å²) in [4.78, 5) is 42.5. The largest absolute Gasteiger partial charge is 0.466 e. The quantitative estimate of drug-likeness (QED) is 0.612. The zero-order chi connectivity index (χ0) is 25.1. The van der Waals surface area contributed by atoms with Crippen molar-refractivity contribution in [2.24, 2.45) is 5.73 Å². The van der Waals surface area contributed by atoms with Crippen LogP contribution in [0.25, 0.3) is 0 Å². The number of hydrogen-bond donors (Lipinski definition) is 2. The van der Waals surface area contributed by atoms with Crippen molar-refractivity contribution in [3.63, 3.8) is 0 Å². The number of carbonyl (C=O) groups is 3. The Morgan fingerprint density at radius 1 is 1.14 bits per heavy atom. The number of Topliss-reactive ketones (excluding diaryl/α,β-unsaturated/α-hetero) is 1. The van der Waals surface area contributed by atoms with Crippen molar-refractivity contribution in [2.45, 2.75) is 44.4 Å². The number of methoxy groups -OCH3 is 1. The van der Waals surface area contributed by atoms with Crippen molar-refractivity contribution in [3.8, 4) is 0 Å². The average Bonchev–Trinajstić information content (AvgIpc) is 3.10. The number of benzene rings is 2. The molecule has 3 aliphatic rings. The molecule has 5 rings (SSSR count). The highest BCUT2D eigenvalue weighted by molar-refractivity contribution is 6.31. The normalized spacial score (nSPS) is 21.5. The molecule has 0 fully saturated rings. The Bertz CT molecular complexity index is 1340. The summed E-state index contributed by atoms with van der Waals surface area (Å²) in [6.45, 7) is 4.20. The number of ketones is 1. The Kier molecular flexibility index (Phi) is 5.48. The van der Waals surface area contributed by atoms with Crippen molar-refractivity contribution in [1.29, 1.82) is 0 Å². The maximum atomic E-state index is 13.8. The lowest BCUT2D eigenvalue weighted by molar-refractivity contribution is -0.138. The van der Waals surface area contributed by atoms with E-state index in [0.29, 0.717) is 46.4 Å². The van der Waals surface area contributed by atoms with Crippen LogP contribution in [0.5, 0.6) is 0 Å². The topological polar surface area (TPSA) is 102 Å². The fourth-order valence-corrected chi connectivity index (χ4v) is 5.66. The van der Waals surface area contributed by atoms with Gasteiger partial charge in [0.2, 0.25) is 5.91 Å². The van der Waals surface area contributed by atoms with Gasteiger partial charge in [0.15, 0.2) is 5.78 Å². The molecule has 0 saturated heterocycles. The predicted molar refractivity (Wildman–Crippen MR) is 134 cm³/mol. The van der Waals surface area contributed by atoms with Crippen molar-refractivity contribution < 1.29 is 19.1 Å². The van der Waals surface area contributed by atoms with E-state index in [1.807, 2.05) is 24.3 Å². The number of nitrogens with zero attached hydrogens (tertiary/aromatic N) is 1. The van der Waals surface area contributed by atoms with Gasteiger partial charge in [-0.25, -0.2) is 4.79 Å². The molecule has 3 N–H and O–H groups in total. The molecule has 1 amide bonds. The Hall–Kier alpha value is -3.58. The molecule has 1 unspecified atom stereocenters. The van der Waals surface area contributed by atoms with Crippen LogP contribution in [0, 0.1) is 0 Å². The monoisotopic (exact) mass is 491 g/mol. The van der Waals surface area contributed by atoms with E-state index in [-0.39, 0.29) is 29.2 Å². The Balaban J connectivity index is 1.86. The lowest BCUT2D eigenvalue weighted by Crippen LogP contribution is -2.53. The maximum Gasteiger partial charge on any atom is 0.339 e. The fourth-order valence-electron chi connectivity index (χ4n) is 5.48. The molecular formula is C27H26ClN3O4. The molecule has 2 aromatic rings. The number of carbonyl (C=O) groups excluding carboxylic acids is 3. The lowest BCUT2D eigenvalue weighted by Gasteiger charge is -2.44. The molecule has 35 heavy (non-hydrogen) atoms. The number of ether oxygens (including phenoxy) is 1. The molecular weight excluding hydrogens is 466 g/mol. The molecule has 0 saturated carbocycles. The van der Waals surface area contributed by atoms with Gasteiger partial charge in [-0.15, -0.1) is 0 Å². The smallest absolute Gasteiger partial charge is 0.339 e. The van der Waals surface area contributed by atoms with Gasteiger partial charge >= 0.3 is 5.97 Å². The second kappa shape index (κ2) is 8.27. The van der Waals surface area contributed by atoms with Gasteiger partial charge in [0.05, 0.1) is 7.11 Å². The van der Waals surface area contributed by atoms with Gasteiger partial charge in [-0.3, -0.25) is 14.5 Å². The van der Waals surface area contributed by atoms with Crippen LogP contribution in [-0.2, 0) is 24.5 Å². The van der Waals surface area contributed by atoms with E-state index in [4.69, 9.17) is 22.1 Å². The van der Waals surface area contributed by atoms with Crippen molar-refractivity contribution in [2.75, 3.05) is 17.3 Å². The summed E-state index contributed by atoms with van der Waals surface area (Å²) < 4.78 is 5.14. The van der Waals surface area contributed by atoms with Gasteiger partial charge in [0, 0.05) is 39.7 Å². The minimum absolute atomic E-state index is 0.0607. The van der Waals surface area contributed by atoms with Crippen LogP contribution in [0.2, 0.25) is 5.02 Å². The van der Waals surface area contributed by atoms with Crippen LogP contribution in [0.15, 0.2) is 65.1 Å². The van der Waals surface area contributed by atoms with E-state index in [9.17, 15) is 14.4 Å². The summed E-state index contributed by atoms with van der Waals surface area (Å²) in [5, 5.41) is 3.22. The van der Waals surface area contributed by atoms with Gasteiger partial charge in [0.1, 0.15) is 16.8 Å². The van der Waals surface area contributed by atoms with E-state index >= 15 is 0 Å². The summed E-state index contributed by atoms with van der Waals surface area (Å²) in [5.41, 5.74) is 8.55. The molecule has 0 bridgehead atoms. The molecule has 8 heteroatoms. The fraction of sp³-hybridized carbons (Fsp3) is 0.296. The number of hydrogen-bond acceptors (Lipinski definition) is 6. The summed E-state index contributed by atoms with van der Waals surface area (Å²) in [6.07, 6.45) is 1.39. The van der Waals surface area contributed by atoms with E-state index in [2.05, 4.69) is 19.2 Å². The number of allylic oxidation sites excluding steroid dienone is 1. The van der Waals surface area contributed by atoms with Gasteiger partial charge < -0.3 is 15.8 Å². The Morgan fingerprint density at radius 2 is 1.86 bits per heavy atom.